The number of Topliss-reactive ketones (excluding diaryl/α,β-unsaturated/α-hetero) is 1. The molecule has 3 aromatic rings. The number of unbranched alkanes of at least 4 members (excludes halogenated alkanes) is 2. The zero-order valence-corrected chi connectivity index (χ0v) is 16.7. The van der Waals surface area contributed by atoms with Gasteiger partial charge in [0.1, 0.15) is 0 Å². The molecule has 0 saturated heterocycles. The van der Waals surface area contributed by atoms with Gasteiger partial charge in [0.25, 0.3) is 0 Å². The number of hydrogen-bond donors (Lipinski definition) is 0. The van der Waals surface area contributed by atoms with Gasteiger partial charge in [-0.05, 0) is 13.3 Å². The fraction of sp³-hybridized carbons (Fsp3) is 0.231. The van der Waals surface area contributed by atoms with E-state index in [9.17, 15) is 9.59 Å². The molecule has 3 rings (SSSR count). The summed E-state index contributed by atoms with van der Waals surface area (Å²) in [7, 11) is 0. The molecule has 28 heavy (non-hydrogen) atoms. The molecular formula is C26H28O2. The second kappa shape index (κ2) is 11.7. The van der Waals surface area contributed by atoms with Crippen LogP contribution in [-0.4, -0.2) is 11.6 Å². The van der Waals surface area contributed by atoms with Crippen molar-refractivity contribution < 1.29 is 9.59 Å². The van der Waals surface area contributed by atoms with Crippen molar-refractivity contribution in [1.82, 2.24) is 0 Å². The smallest absolute Gasteiger partial charge is 0.193 e. The monoisotopic (exact) mass is 372 g/mol. The highest BCUT2D eigenvalue weighted by Crippen LogP contribution is 2.10. The van der Waals surface area contributed by atoms with Crippen LogP contribution < -0.4 is 0 Å². The molecule has 0 unspecified atom stereocenters. The molecule has 0 aliphatic rings. The van der Waals surface area contributed by atoms with Crippen molar-refractivity contribution in [3.63, 3.8) is 0 Å². The Bertz CT molecular complexity index is 850. The maximum absolute atomic E-state index is 12.0. The van der Waals surface area contributed by atoms with Crippen molar-refractivity contribution in [3.05, 3.63) is 107 Å². The van der Waals surface area contributed by atoms with E-state index in [-0.39, 0.29) is 11.6 Å². The van der Waals surface area contributed by atoms with E-state index in [1.54, 1.807) is 0 Å². The van der Waals surface area contributed by atoms with Crippen molar-refractivity contribution >= 4 is 11.6 Å². The van der Waals surface area contributed by atoms with Gasteiger partial charge in [-0.25, -0.2) is 0 Å². The van der Waals surface area contributed by atoms with Gasteiger partial charge in [0.15, 0.2) is 11.6 Å². The van der Waals surface area contributed by atoms with Gasteiger partial charge in [-0.2, -0.15) is 0 Å². The first-order valence-corrected chi connectivity index (χ1v) is 9.86. The van der Waals surface area contributed by atoms with Crippen LogP contribution in [-0.2, 0) is 0 Å². The van der Waals surface area contributed by atoms with Crippen LogP contribution in [0.4, 0.5) is 0 Å². The van der Waals surface area contributed by atoms with Crippen LogP contribution in [0.5, 0.6) is 0 Å². The van der Waals surface area contributed by atoms with Crippen LogP contribution in [0.15, 0.2) is 84.9 Å². The second-order valence-electron chi connectivity index (χ2n) is 6.81. The highest BCUT2D eigenvalue weighted by molar-refractivity contribution is 6.08. The second-order valence-corrected chi connectivity index (χ2v) is 6.81. The zero-order valence-electron chi connectivity index (χ0n) is 16.7. The average molecular weight is 373 g/mol. The topological polar surface area (TPSA) is 34.1 Å². The summed E-state index contributed by atoms with van der Waals surface area (Å²) < 4.78 is 0. The number of aryl methyl sites for hydroxylation is 1. The molecule has 0 atom stereocenters. The molecule has 144 valence electrons. The third-order valence-electron chi connectivity index (χ3n) is 4.45. The van der Waals surface area contributed by atoms with E-state index in [4.69, 9.17) is 0 Å². The van der Waals surface area contributed by atoms with Crippen molar-refractivity contribution in [2.45, 2.75) is 39.5 Å². The highest BCUT2D eigenvalue weighted by atomic mass is 16.1. The summed E-state index contributed by atoms with van der Waals surface area (Å²) in [5.74, 6) is 0.352. The number of benzene rings is 3. The van der Waals surface area contributed by atoms with E-state index < -0.39 is 0 Å². The zero-order chi connectivity index (χ0) is 20.2. The quantitative estimate of drug-likeness (QED) is 0.342. The summed E-state index contributed by atoms with van der Waals surface area (Å²) in [6.07, 6.45) is 4.03. The molecule has 3 aromatic carbocycles. The van der Waals surface area contributed by atoms with Gasteiger partial charge < -0.3 is 0 Å². The van der Waals surface area contributed by atoms with Crippen molar-refractivity contribution in [2.24, 2.45) is 0 Å². The Hall–Kier alpha value is -3.00. The molecule has 0 aliphatic carbocycles. The lowest BCUT2D eigenvalue weighted by atomic mass is 10.0. The molecule has 2 heteroatoms. The van der Waals surface area contributed by atoms with Gasteiger partial charge in [-0.15, -0.1) is 0 Å². The number of hydrogen-bond acceptors (Lipinski definition) is 2. The van der Waals surface area contributed by atoms with E-state index in [0.717, 1.165) is 29.5 Å². The summed E-state index contributed by atoms with van der Waals surface area (Å²) in [6.45, 7) is 4.16. The molecule has 0 fully saturated rings. The first kappa shape index (κ1) is 21.3. The van der Waals surface area contributed by atoms with E-state index >= 15 is 0 Å². The Morgan fingerprint density at radius 1 is 0.643 bits per heavy atom. The van der Waals surface area contributed by atoms with Crippen LogP contribution in [0.3, 0.4) is 0 Å². The van der Waals surface area contributed by atoms with Crippen LogP contribution >= 0.6 is 0 Å². The lowest BCUT2D eigenvalue weighted by Crippen LogP contribution is -2.00. The molecule has 0 amide bonds. The van der Waals surface area contributed by atoms with Gasteiger partial charge in [-0.3, -0.25) is 9.59 Å². The maximum Gasteiger partial charge on any atom is 0.193 e. The summed E-state index contributed by atoms with van der Waals surface area (Å²) in [5.41, 5.74) is 3.49. The summed E-state index contributed by atoms with van der Waals surface area (Å²) >= 11 is 0. The number of carbonyl (C=O) groups excluding carboxylic acids is 2. The van der Waals surface area contributed by atoms with Crippen molar-refractivity contribution in [3.8, 4) is 0 Å². The van der Waals surface area contributed by atoms with Gasteiger partial charge >= 0.3 is 0 Å². The minimum atomic E-state index is 0.0793. The molecule has 0 bridgehead atoms. The van der Waals surface area contributed by atoms with Gasteiger partial charge in [0.2, 0.25) is 0 Å². The third kappa shape index (κ3) is 6.96. The number of rotatable bonds is 7. The minimum absolute atomic E-state index is 0.0793. The molecule has 0 saturated carbocycles. The molecule has 0 spiro atoms. The largest absolute Gasteiger partial charge is 0.294 e. The molecule has 0 N–H and O–H groups in total. The molecule has 0 radical (unpaired) electrons. The van der Waals surface area contributed by atoms with Gasteiger partial charge in [-0.1, -0.05) is 110 Å². The summed E-state index contributed by atoms with van der Waals surface area (Å²) in [5, 5.41) is 0. The van der Waals surface area contributed by atoms with E-state index in [2.05, 4.69) is 6.92 Å². The fourth-order valence-electron chi connectivity index (χ4n) is 2.77. The average Bonchev–Trinajstić information content (AvgIpc) is 2.75. The molecule has 0 aromatic heterocycles. The third-order valence-corrected chi connectivity index (χ3v) is 4.45. The lowest BCUT2D eigenvalue weighted by Gasteiger charge is -2.00. The van der Waals surface area contributed by atoms with E-state index in [0.29, 0.717) is 6.42 Å². The van der Waals surface area contributed by atoms with Crippen molar-refractivity contribution in [1.29, 1.82) is 0 Å². The predicted molar refractivity (Wildman–Crippen MR) is 116 cm³/mol. The Balaban J connectivity index is 0.000000203. The Morgan fingerprint density at radius 2 is 1.14 bits per heavy atom. The van der Waals surface area contributed by atoms with Crippen LogP contribution in [0.25, 0.3) is 0 Å². The fourth-order valence-corrected chi connectivity index (χ4v) is 2.77. The summed E-state index contributed by atoms with van der Waals surface area (Å²) in [4.78, 5) is 23.5. The van der Waals surface area contributed by atoms with E-state index in [1.807, 2.05) is 91.9 Å². The van der Waals surface area contributed by atoms with Gasteiger partial charge in [0, 0.05) is 23.1 Å². The minimum Gasteiger partial charge on any atom is -0.294 e. The Labute approximate surface area is 168 Å². The molecule has 2 nitrogen and oxygen atoms in total. The van der Waals surface area contributed by atoms with Crippen LogP contribution in [0.2, 0.25) is 0 Å². The lowest BCUT2D eigenvalue weighted by molar-refractivity contribution is 0.0978. The first-order valence-electron chi connectivity index (χ1n) is 9.86. The van der Waals surface area contributed by atoms with Gasteiger partial charge in [0.05, 0.1) is 0 Å². The Kier molecular flexibility index (Phi) is 8.87. The predicted octanol–water partition coefficient (Wildman–Crippen LogP) is 6.68. The first-order chi connectivity index (χ1) is 13.6. The maximum atomic E-state index is 12.0. The van der Waals surface area contributed by atoms with E-state index in [1.165, 1.54) is 12.0 Å². The van der Waals surface area contributed by atoms with Crippen molar-refractivity contribution in [2.75, 3.05) is 0 Å². The molecule has 0 heterocycles. The SMILES string of the molecule is CCCCCC(=O)c1ccccc1.Cc1ccc(C(=O)c2ccccc2)cc1. The van der Waals surface area contributed by atoms with Crippen LogP contribution in [0, 0.1) is 6.92 Å². The molecular weight excluding hydrogens is 344 g/mol. The number of ketones is 2. The standard InChI is InChI=1S/C14H12O.C12H16O/c1-11-7-9-13(10-8-11)14(15)12-5-3-2-4-6-12;1-2-3-5-10-12(13)11-8-6-4-7-9-11/h2-10H,1H3;4,6-9H,2-3,5,10H2,1H3. The van der Waals surface area contributed by atoms with Crippen LogP contribution in [0.1, 0.15) is 64.4 Å². The highest BCUT2D eigenvalue weighted by Gasteiger charge is 2.07. The summed E-state index contributed by atoms with van der Waals surface area (Å²) in [6, 6.07) is 26.5. The normalized spacial score (nSPS) is 9.93. The Morgan fingerprint density at radius 3 is 1.68 bits per heavy atom. The molecule has 0 aliphatic heterocycles. The number of carbonyl (C=O) groups is 2.